The van der Waals surface area contributed by atoms with Gasteiger partial charge >= 0.3 is 0 Å². The van der Waals surface area contributed by atoms with Gasteiger partial charge in [0.1, 0.15) is 12.6 Å². The zero-order valence-electron chi connectivity index (χ0n) is 17.5. The molecule has 1 heterocycles. The molecule has 0 radical (unpaired) electrons. The second kappa shape index (κ2) is 14.5. The highest BCUT2D eigenvalue weighted by atomic mass is 32.2. The van der Waals surface area contributed by atoms with E-state index in [0.29, 0.717) is 11.2 Å². The number of fused-ring (bicyclic) bond motifs is 1. The Labute approximate surface area is 173 Å². The molecule has 1 aliphatic heterocycles. The Morgan fingerprint density at radius 2 is 1.85 bits per heavy atom. The first-order valence-electron chi connectivity index (χ1n) is 9.05. The Morgan fingerprint density at radius 3 is 2.30 bits per heavy atom. The van der Waals surface area contributed by atoms with Gasteiger partial charge in [0.25, 0.3) is 0 Å². The summed E-state index contributed by atoms with van der Waals surface area (Å²) in [7, 11) is 0. The molecule has 2 rings (SSSR count). The first kappa shape index (κ1) is 25.5. The van der Waals surface area contributed by atoms with E-state index in [0.717, 1.165) is 23.7 Å². The van der Waals surface area contributed by atoms with Crippen LogP contribution < -0.4 is 0 Å². The van der Waals surface area contributed by atoms with E-state index < -0.39 is 0 Å². The maximum absolute atomic E-state index is 10.8. The number of hydrogen-bond donors (Lipinski definition) is 0. The molecule has 2 nitrogen and oxygen atoms in total. The first-order valence-corrected chi connectivity index (χ1v) is 11.2. The topological polar surface area (TPSA) is 34.1 Å². The van der Waals surface area contributed by atoms with Crippen LogP contribution in [0.15, 0.2) is 40.2 Å². The van der Waals surface area contributed by atoms with E-state index in [1.807, 2.05) is 49.4 Å². The average Bonchev–Trinajstić information content (AvgIpc) is 2.63. The van der Waals surface area contributed by atoms with Gasteiger partial charge in [0.15, 0.2) is 0 Å². The smallest absolute Gasteiger partial charge is 0.145 e. The Hall–Kier alpha value is -1.52. The van der Waals surface area contributed by atoms with Gasteiger partial charge in [-0.25, -0.2) is 0 Å². The number of benzene rings is 1. The van der Waals surface area contributed by atoms with Crippen molar-refractivity contribution >= 4 is 48.2 Å². The Morgan fingerprint density at radius 1 is 1.22 bits per heavy atom. The predicted octanol–water partition coefficient (Wildman–Crippen LogP) is 7.01. The minimum Gasteiger partial charge on any atom is -0.304 e. The van der Waals surface area contributed by atoms with Crippen LogP contribution in [0.1, 0.15) is 64.2 Å². The molecule has 1 unspecified atom stereocenters. The van der Waals surface area contributed by atoms with Crippen molar-refractivity contribution < 1.29 is 9.59 Å². The third-order valence-electron chi connectivity index (χ3n) is 3.56. The minimum atomic E-state index is 0.511. The van der Waals surface area contributed by atoms with Gasteiger partial charge in [0.05, 0.1) is 0 Å². The molecule has 4 heteroatoms. The van der Waals surface area contributed by atoms with Crippen molar-refractivity contribution in [3.63, 3.8) is 0 Å². The molecule has 0 N–H and O–H groups in total. The molecular formula is C23H32O2S2. The maximum atomic E-state index is 10.8. The van der Waals surface area contributed by atoms with Crippen molar-refractivity contribution in [2.75, 3.05) is 6.26 Å². The third kappa shape index (κ3) is 9.30. The van der Waals surface area contributed by atoms with Crippen LogP contribution >= 0.6 is 23.5 Å². The van der Waals surface area contributed by atoms with Gasteiger partial charge in [-0.3, -0.25) is 4.79 Å². The molecule has 1 aromatic carbocycles. The number of carbonyl (C=O) groups is 2. The molecular weight excluding hydrogens is 372 g/mol. The monoisotopic (exact) mass is 404 g/mol. The van der Waals surface area contributed by atoms with Crippen molar-refractivity contribution in [3.8, 4) is 0 Å². The van der Waals surface area contributed by atoms with Crippen molar-refractivity contribution in [3.05, 3.63) is 52.0 Å². The lowest BCUT2D eigenvalue weighted by Gasteiger charge is -2.22. The summed E-state index contributed by atoms with van der Waals surface area (Å²) in [6.45, 7) is 12.0. The molecule has 0 saturated carbocycles. The van der Waals surface area contributed by atoms with Crippen molar-refractivity contribution in [1.29, 1.82) is 0 Å². The Kier molecular flexibility index (Phi) is 13.7. The van der Waals surface area contributed by atoms with Crippen LogP contribution in [-0.4, -0.2) is 24.1 Å². The number of aldehydes is 2. The van der Waals surface area contributed by atoms with E-state index in [1.165, 1.54) is 22.9 Å². The van der Waals surface area contributed by atoms with Gasteiger partial charge in [-0.1, -0.05) is 44.2 Å². The molecule has 1 aliphatic rings. The SMILES string of the molecule is C/C(C=O)=C/c1ccc(C(C)C)c2c1C=CC(C)S2.C/C=C\SC.CC=O. The van der Waals surface area contributed by atoms with E-state index in [4.69, 9.17) is 4.79 Å². The second-order valence-electron chi connectivity index (χ2n) is 6.27. The summed E-state index contributed by atoms with van der Waals surface area (Å²) in [5.41, 5.74) is 4.56. The molecule has 0 saturated heterocycles. The molecule has 1 aromatic rings. The van der Waals surface area contributed by atoms with Gasteiger partial charge in [0, 0.05) is 10.1 Å². The lowest BCUT2D eigenvalue weighted by Crippen LogP contribution is -2.04. The quantitative estimate of drug-likeness (QED) is 0.399. The van der Waals surface area contributed by atoms with E-state index in [1.54, 1.807) is 11.8 Å². The average molecular weight is 405 g/mol. The Bertz CT molecular complexity index is 686. The summed E-state index contributed by atoms with van der Waals surface area (Å²) in [4.78, 5) is 21.0. The van der Waals surface area contributed by atoms with Crippen molar-refractivity contribution in [1.82, 2.24) is 0 Å². The van der Waals surface area contributed by atoms with Crippen LogP contribution in [-0.2, 0) is 9.59 Å². The molecule has 148 valence electrons. The fraction of sp³-hybridized carbons (Fsp3) is 0.391. The molecule has 27 heavy (non-hydrogen) atoms. The number of carbonyl (C=O) groups excluding carboxylic acids is 2. The van der Waals surface area contributed by atoms with Crippen molar-refractivity contribution in [2.24, 2.45) is 0 Å². The van der Waals surface area contributed by atoms with Crippen LogP contribution in [0.4, 0.5) is 0 Å². The summed E-state index contributed by atoms with van der Waals surface area (Å²) < 4.78 is 0. The Balaban J connectivity index is 0.000000719. The van der Waals surface area contributed by atoms with Crippen LogP contribution in [0.25, 0.3) is 12.2 Å². The predicted molar refractivity (Wildman–Crippen MR) is 125 cm³/mol. The highest BCUT2D eigenvalue weighted by molar-refractivity contribution is 8.01. The molecule has 0 aromatic heterocycles. The molecule has 0 aliphatic carbocycles. The highest BCUT2D eigenvalue weighted by Gasteiger charge is 2.18. The van der Waals surface area contributed by atoms with Crippen LogP contribution in [0.3, 0.4) is 0 Å². The summed E-state index contributed by atoms with van der Waals surface area (Å²) in [6, 6.07) is 4.33. The maximum Gasteiger partial charge on any atom is 0.145 e. The molecule has 0 fully saturated rings. The van der Waals surface area contributed by atoms with Gasteiger partial charge < -0.3 is 4.79 Å². The van der Waals surface area contributed by atoms with E-state index >= 15 is 0 Å². The van der Waals surface area contributed by atoms with Crippen LogP contribution in [0, 0.1) is 0 Å². The summed E-state index contributed by atoms with van der Waals surface area (Å²) in [5.74, 6) is 0.519. The molecule has 0 amide bonds. The standard InChI is InChI=1S/C17H20OS.C4H8S.C2H4O/c1-11(2)15-8-6-14(9-12(3)10-18)16-7-5-13(4)19-17(15)16;1-3-4-5-2;1-2-3/h5-11,13H,1-4H3;3-4H,1-2H3;2H,1H3/b12-9-;4-3-;. The first-order chi connectivity index (χ1) is 12.9. The van der Waals surface area contributed by atoms with Gasteiger partial charge in [0.2, 0.25) is 0 Å². The van der Waals surface area contributed by atoms with Gasteiger partial charge in [-0.2, -0.15) is 0 Å². The summed E-state index contributed by atoms with van der Waals surface area (Å²) in [6.07, 6.45) is 12.1. The minimum absolute atomic E-state index is 0.511. The molecule has 0 spiro atoms. The number of allylic oxidation sites excluding steroid dienone is 2. The zero-order chi connectivity index (χ0) is 20.8. The van der Waals surface area contributed by atoms with E-state index in [-0.39, 0.29) is 0 Å². The van der Waals surface area contributed by atoms with Crippen LogP contribution in [0.2, 0.25) is 0 Å². The van der Waals surface area contributed by atoms with E-state index in [2.05, 4.69) is 45.1 Å². The number of thioether (sulfide) groups is 2. The number of rotatable bonds is 4. The van der Waals surface area contributed by atoms with E-state index in [9.17, 15) is 4.79 Å². The lowest BCUT2D eigenvalue weighted by molar-refractivity contribution is -0.106. The fourth-order valence-electron chi connectivity index (χ4n) is 2.39. The van der Waals surface area contributed by atoms with Gasteiger partial charge in [-0.15, -0.1) is 23.5 Å². The largest absolute Gasteiger partial charge is 0.304 e. The molecule has 1 atom stereocenters. The van der Waals surface area contributed by atoms with Crippen molar-refractivity contribution in [2.45, 2.75) is 57.6 Å². The summed E-state index contributed by atoms with van der Waals surface area (Å²) in [5, 5.41) is 2.55. The van der Waals surface area contributed by atoms with Gasteiger partial charge in [-0.05, 0) is 73.6 Å². The third-order valence-corrected chi connectivity index (χ3v) is 5.33. The lowest BCUT2D eigenvalue weighted by atomic mass is 9.95. The number of hydrogen-bond acceptors (Lipinski definition) is 4. The van der Waals surface area contributed by atoms with Crippen LogP contribution in [0.5, 0.6) is 0 Å². The molecule has 0 bridgehead atoms. The normalized spacial score (nSPS) is 15.4. The summed E-state index contributed by atoms with van der Waals surface area (Å²) >= 11 is 3.63. The fourth-order valence-corrected chi connectivity index (χ4v) is 3.94. The highest BCUT2D eigenvalue weighted by Crippen LogP contribution is 2.40. The second-order valence-corrected chi connectivity index (χ2v) is 8.40. The zero-order valence-corrected chi connectivity index (χ0v) is 19.1.